The van der Waals surface area contributed by atoms with Gasteiger partial charge in [-0.1, -0.05) is 12.1 Å². The fraction of sp³-hybridized carbons (Fsp3) is 0.579. The number of rotatable bonds is 10. The molecule has 0 saturated carbocycles. The Morgan fingerprint density at radius 3 is 0.961 bits per heavy atom. The van der Waals surface area contributed by atoms with Crippen molar-refractivity contribution in [2.75, 3.05) is 27.2 Å². The Balaban J connectivity index is 0.000000962. The summed E-state index contributed by atoms with van der Waals surface area (Å²) in [4.78, 5) is 48.8. The second-order valence-electron chi connectivity index (χ2n) is 16.1. The number of hydrogen-bond donors (Lipinski definition) is 4. The Bertz CT molecular complexity index is 1370. The Labute approximate surface area is 309 Å². The van der Waals surface area contributed by atoms with Crippen LogP contribution in [0.5, 0.6) is 23.0 Å². The van der Waals surface area contributed by atoms with E-state index >= 15 is 0 Å². The van der Waals surface area contributed by atoms with Crippen molar-refractivity contribution in [3.8, 4) is 23.0 Å². The lowest BCUT2D eigenvalue weighted by atomic mass is 9.97. The Kier molecular flexibility index (Phi) is 18.0. The van der Waals surface area contributed by atoms with Gasteiger partial charge in [0.15, 0.2) is 23.0 Å². The molecule has 0 spiro atoms. The minimum atomic E-state index is -0.774. The molecule has 0 aliphatic carbocycles. The molecule has 0 aliphatic heterocycles. The smallest absolute Gasteiger partial charge is 0.316 e. The average molecular weight is 739 g/mol. The van der Waals surface area contributed by atoms with E-state index in [1.54, 1.807) is 109 Å². The monoisotopic (exact) mass is 738 g/mol. The summed E-state index contributed by atoms with van der Waals surface area (Å²) in [6, 6.07) is 9.39. The predicted molar refractivity (Wildman–Crippen MR) is 198 cm³/mol. The molecule has 4 N–H and O–H groups in total. The van der Waals surface area contributed by atoms with Crippen LogP contribution in [0.2, 0.25) is 0 Å². The number of benzene rings is 2. The molecule has 12 nitrogen and oxygen atoms in total. The van der Waals surface area contributed by atoms with Gasteiger partial charge in [-0.2, -0.15) is 0 Å². The Morgan fingerprint density at radius 1 is 0.510 bits per heavy atom. The van der Waals surface area contributed by atoms with Crippen molar-refractivity contribution in [1.82, 2.24) is 10.6 Å². The number of hydrogen-bond acceptors (Lipinski definition) is 12. The maximum atomic E-state index is 12.2. The van der Waals surface area contributed by atoms with E-state index in [4.69, 9.17) is 18.9 Å². The van der Waals surface area contributed by atoms with E-state index in [0.717, 1.165) is 0 Å². The number of aliphatic hydroxyl groups excluding tert-OH is 2. The van der Waals surface area contributed by atoms with E-state index < -0.39 is 57.7 Å². The van der Waals surface area contributed by atoms with Gasteiger partial charge in [0.1, 0.15) is 0 Å². The van der Waals surface area contributed by atoms with Gasteiger partial charge in [-0.25, -0.2) is 0 Å². The molecule has 0 fully saturated rings. The molecule has 51 heavy (non-hydrogen) atoms. The van der Waals surface area contributed by atoms with Gasteiger partial charge < -0.3 is 39.8 Å². The average Bonchev–Trinajstić information content (AvgIpc) is 2.97. The van der Waals surface area contributed by atoms with Gasteiger partial charge in [0, 0.05) is 13.1 Å². The largest absolute Gasteiger partial charge is 0.422 e. The summed E-state index contributed by atoms with van der Waals surface area (Å²) in [6.45, 7) is 21.5. The van der Waals surface area contributed by atoms with Crippen molar-refractivity contribution in [2.45, 2.75) is 95.3 Å². The quantitative estimate of drug-likeness (QED) is 0.163. The molecule has 0 aliphatic rings. The van der Waals surface area contributed by atoms with Gasteiger partial charge >= 0.3 is 23.9 Å². The minimum Gasteiger partial charge on any atom is -0.422 e. The topological polar surface area (TPSA) is 170 Å². The van der Waals surface area contributed by atoms with E-state index in [1.807, 2.05) is 0 Å². The van der Waals surface area contributed by atoms with Crippen LogP contribution >= 0.6 is 12.4 Å². The number of nitrogens with one attached hydrogen (secondary N) is 2. The van der Waals surface area contributed by atoms with Crippen LogP contribution in [0.25, 0.3) is 0 Å². The molecule has 13 heteroatoms. The van der Waals surface area contributed by atoms with E-state index in [2.05, 4.69) is 10.6 Å². The van der Waals surface area contributed by atoms with Gasteiger partial charge in [0.25, 0.3) is 0 Å². The number of carbonyl (C=O) groups is 4. The van der Waals surface area contributed by atoms with Crippen molar-refractivity contribution in [3.63, 3.8) is 0 Å². The van der Waals surface area contributed by atoms with Crippen LogP contribution in [-0.2, 0) is 19.2 Å². The molecule has 288 valence electrons. The summed E-state index contributed by atoms with van der Waals surface area (Å²) in [6.07, 6.45) is -1.55. The molecule has 0 aromatic heterocycles. The molecule has 2 aromatic carbocycles. The van der Waals surface area contributed by atoms with Crippen molar-refractivity contribution in [1.29, 1.82) is 0 Å². The van der Waals surface area contributed by atoms with Crippen molar-refractivity contribution < 1.29 is 48.3 Å². The summed E-state index contributed by atoms with van der Waals surface area (Å²) in [5, 5.41) is 26.0. The van der Waals surface area contributed by atoms with E-state index in [-0.39, 0.29) is 35.4 Å². The van der Waals surface area contributed by atoms with Crippen molar-refractivity contribution >= 4 is 36.3 Å². The zero-order valence-corrected chi connectivity index (χ0v) is 33.4. The summed E-state index contributed by atoms with van der Waals surface area (Å²) in [5.41, 5.74) is -1.72. The Morgan fingerprint density at radius 2 is 0.745 bits per heavy atom. The fourth-order valence-corrected chi connectivity index (χ4v) is 3.43. The summed E-state index contributed by atoms with van der Waals surface area (Å²) in [7, 11) is 3.45. The van der Waals surface area contributed by atoms with Crippen LogP contribution in [0.15, 0.2) is 36.4 Å². The second kappa shape index (κ2) is 19.3. The zero-order valence-electron chi connectivity index (χ0n) is 32.6. The highest BCUT2D eigenvalue weighted by molar-refractivity contribution is 5.85. The fourth-order valence-electron chi connectivity index (χ4n) is 3.43. The van der Waals surface area contributed by atoms with Gasteiger partial charge in [-0.05, 0) is 133 Å². The lowest BCUT2D eigenvalue weighted by molar-refractivity contribution is -0.145. The van der Waals surface area contributed by atoms with Gasteiger partial charge in [0.05, 0.1) is 33.9 Å². The maximum absolute atomic E-state index is 12.2. The standard InChI is InChI=1S/2C19H29NO5.ClH/c2*1-18(2,3)16(22)24-14-9-8-12(13(21)11-20-7)10-15(14)25-17(23)19(4,5)6;/h2*8-10,13,20-21H,11H2,1-7H3;1H. The highest BCUT2D eigenvalue weighted by Crippen LogP contribution is 2.35. The third-order valence-corrected chi connectivity index (χ3v) is 6.76. The van der Waals surface area contributed by atoms with Gasteiger partial charge in [0.2, 0.25) is 0 Å². The van der Waals surface area contributed by atoms with Crippen LogP contribution in [0.4, 0.5) is 0 Å². The highest BCUT2D eigenvalue weighted by Gasteiger charge is 2.30. The molecule has 0 bridgehead atoms. The van der Waals surface area contributed by atoms with Crippen molar-refractivity contribution in [2.24, 2.45) is 21.7 Å². The molecule has 2 unspecified atom stereocenters. The first-order valence-electron chi connectivity index (χ1n) is 16.5. The number of aliphatic hydroxyl groups is 2. The predicted octanol–water partition coefficient (Wildman–Crippen LogP) is 6.11. The van der Waals surface area contributed by atoms with Crippen LogP contribution in [-0.4, -0.2) is 61.3 Å². The van der Waals surface area contributed by atoms with Crippen molar-refractivity contribution in [3.05, 3.63) is 47.5 Å². The third-order valence-electron chi connectivity index (χ3n) is 6.76. The molecule has 2 atom stereocenters. The second-order valence-corrected chi connectivity index (χ2v) is 16.1. The number of carbonyl (C=O) groups excluding carboxylic acids is 4. The van der Waals surface area contributed by atoms with E-state index in [0.29, 0.717) is 24.2 Å². The molecule has 2 rings (SSSR count). The number of ether oxygens (including phenoxy) is 4. The molecule has 0 heterocycles. The van der Waals surface area contributed by atoms with Crippen LogP contribution < -0.4 is 29.6 Å². The Hall–Kier alpha value is -3.55. The van der Waals surface area contributed by atoms with Crippen LogP contribution in [0.3, 0.4) is 0 Å². The van der Waals surface area contributed by atoms with E-state index in [9.17, 15) is 29.4 Å². The lowest BCUT2D eigenvalue weighted by Crippen LogP contribution is -2.28. The lowest BCUT2D eigenvalue weighted by Gasteiger charge is -2.21. The summed E-state index contributed by atoms with van der Waals surface area (Å²) in [5.74, 6) is -1.26. The molecular formula is C38H59ClN2O10. The van der Waals surface area contributed by atoms with Gasteiger partial charge in [-0.15, -0.1) is 12.4 Å². The first-order chi connectivity index (χ1) is 22.7. The highest BCUT2D eigenvalue weighted by atomic mass is 35.5. The van der Waals surface area contributed by atoms with Crippen LogP contribution in [0, 0.1) is 21.7 Å². The van der Waals surface area contributed by atoms with E-state index in [1.165, 1.54) is 24.3 Å². The van der Waals surface area contributed by atoms with Gasteiger partial charge in [-0.3, -0.25) is 19.2 Å². The van der Waals surface area contributed by atoms with Crippen LogP contribution in [0.1, 0.15) is 106 Å². The third kappa shape index (κ3) is 15.7. The summed E-state index contributed by atoms with van der Waals surface area (Å²) < 4.78 is 21.7. The maximum Gasteiger partial charge on any atom is 0.316 e. The molecule has 2 aromatic rings. The molecule has 0 amide bonds. The molecule has 0 saturated heterocycles. The molecular weight excluding hydrogens is 680 g/mol. The first-order valence-corrected chi connectivity index (χ1v) is 16.5. The minimum absolute atomic E-state index is 0. The first kappa shape index (κ1) is 47.4. The number of esters is 4. The summed E-state index contributed by atoms with van der Waals surface area (Å²) >= 11 is 0. The zero-order chi connectivity index (χ0) is 38.8. The number of likely N-dealkylation sites (N-methyl/N-ethyl adjacent to an activating group) is 2. The number of halogens is 1. The SMILES string of the molecule is CNCC(O)c1ccc(OC(=O)C(C)(C)C)c(OC(=O)C(C)(C)C)c1.CNCC(O)c1ccc(OC(=O)C(C)(C)C)c(OC(=O)C(C)(C)C)c1.Cl. The normalized spacial score (nSPS) is 13.0. The molecule has 0 radical (unpaired) electrons.